The SMILES string of the molecule is CC1CCC2c3cc(-c4cc(-c5ccccc5)c5ccc6c(-c7cccc8ccccc78)cc(-c7ccccc7)c7ccc4c5c76)ccc3N(c3ccccc3)C2(C)C1. The largest absolute Gasteiger partial charge is 0.335 e. The molecule has 1 heterocycles. The van der Waals surface area contributed by atoms with Crippen molar-refractivity contribution >= 4 is 54.5 Å². The molecule has 3 unspecified atom stereocenters. The van der Waals surface area contributed by atoms with Crippen molar-refractivity contribution < 1.29 is 0 Å². The monoisotopic (exact) mass is 755 g/mol. The quantitative estimate of drug-likeness (QED) is 0.158. The van der Waals surface area contributed by atoms with Gasteiger partial charge in [0.05, 0.1) is 0 Å². The average Bonchev–Trinajstić information content (AvgIpc) is 3.55. The number of para-hydroxylation sites is 1. The molecule has 0 radical (unpaired) electrons. The molecule has 59 heavy (non-hydrogen) atoms. The summed E-state index contributed by atoms with van der Waals surface area (Å²) in [4.78, 5) is 2.69. The second-order valence-corrected chi connectivity index (χ2v) is 17.5. The van der Waals surface area contributed by atoms with Crippen LogP contribution in [0.1, 0.15) is 44.6 Å². The van der Waals surface area contributed by atoms with Gasteiger partial charge in [0, 0.05) is 22.8 Å². The second kappa shape index (κ2) is 13.2. The Morgan fingerprint density at radius 3 is 1.64 bits per heavy atom. The maximum Gasteiger partial charge on any atom is 0.0495 e. The van der Waals surface area contributed by atoms with Gasteiger partial charge in [0.25, 0.3) is 0 Å². The van der Waals surface area contributed by atoms with Gasteiger partial charge in [0.1, 0.15) is 0 Å². The lowest BCUT2D eigenvalue weighted by Crippen LogP contribution is -2.47. The molecule has 10 aromatic rings. The number of hydrogen-bond donors (Lipinski definition) is 0. The maximum atomic E-state index is 2.69. The van der Waals surface area contributed by atoms with Crippen LogP contribution in [0.2, 0.25) is 0 Å². The highest BCUT2D eigenvalue weighted by Crippen LogP contribution is 2.59. The summed E-state index contributed by atoms with van der Waals surface area (Å²) < 4.78 is 0. The summed E-state index contributed by atoms with van der Waals surface area (Å²) in [6.07, 6.45) is 3.67. The molecule has 0 saturated heterocycles. The molecule has 0 amide bonds. The van der Waals surface area contributed by atoms with Crippen molar-refractivity contribution in [3.8, 4) is 44.5 Å². The second-order valence-electron chi connectivity index (χ2n) is 17.5. The molecule has 0 bridgehead atoms. The van der Waals surface area contributed by atoms with Crippen LogP contribution in [0.5, 0.6) is 0 Å². The fourth-order valence-electron chi connectivity index (χ4n) is 11.6. The van der Waals surface area contributed by atoms with E-state index in [1.54, 1.807) is 0 Å². The number of hydrogen-bond acceptors (Lipinski definition) is 1. The lowest BCUT2D eigenvalue weighted by Gasteiger charge is -2.46. The number of anilines is 2. The zero-order valence-corrected chi connectivity index (χ0v) is 33.6. The Morgan fingerprint density at radius 1 is 0.441 bits per heavy atom. The van der Waals surface area contributed by atoms with Crippen LogP contribution in [0.4, 0.5) is 11.4 Å². The fourth-order valence-corrected chi connectivity index (χ4v) is 11.6. The Balaban J connectivity index is 1.17. The van der Waals surface area contributed by atoms with Crippen molar-refractivity contribution in [2.24, 2.45) is 5.92 Å². The minimum Gasteiger partial charge on any atom is -0.335 e. The van der Waals surface area contributed by atoms with E-state index in [1.807, 2.05) is 0 Å². The predicted molar refractivity (Wildman–Crippen MR) is 252 cm³/mol. The van der Waals surface area contributed by atoms with Gasteiger partial charge in [-0.25, -0.2) is 0 Å². The summed E-state index contributed by atoms with van der Waals surface area (Å²) in [5.41, 5.74) is 14.4. The van der Waals surface area contributed by atoms with E-state index in [1.165, 1.54) is 124 Å². The Bertz CT molecular complexity index is 3210. The molecular formula is C58H45N. The Morgan fingerprint density at radius 2 is 0.983 bits per heavy atom. The summed E-state index contributed by atoms with van der Waals surface area (Å²) in [6.45, 7) is 4.98. The van der Waals surface area contributed by atoms with E-state index in [0.29, 0.717) is 11.8 Å². The lowest BCUT2D eigenvalue weighted by atomic mass is 9.69. The van der Waals surface area contributed by atoms with Gasteiger partial charge in [-0.2, -0.15) is 0 Å². The molecule has 1 saturated carbocycles. The first kappa shape index (κ1) is 34.4. The van der Waals surface area contributed by atoms with Gasteiger partial charge >= 0.3 is 0 Å². The number of nitrogens with zero attached hydrogens (tertiary/aromatic N) is 1. The third-order valence-electron chi connectivity index (χ3n) is 14.1. The third-order valence-corrected chi connectivity index (χ3v) is 14.1. The molecular weight excluding hydrogens is 711 g/mol. The topological polar surface area (TPSA) is 3.24 Å². The van der Waals surface area contributed by atoms with Gasteiger partial charge < -0.3 is 4.90 Å². The number of rotatable bonds is 5. The summed E-state index contributed by atoms with van der Waals surface area (Å²) >= 11 is 0. The highest BCUT2D eigenvalue weighted by molar-refractivity contribution is 6.32. The van der Waals surface area contributed by atoms with Crippen molar-refractivity contribution in [2.45, 2.75) is 44.6 Å². The minimum atomic E-state index is 0.0314. The third kappa shape index (κ3) is 5.17. The molecule has 2 aliphatic rings. The van der Waals surface area contributed by atoms with Crippen molar-refractivity contribution in [2.75, 3.05) is 4.90 Å². The van der Waals surface area contributed by atoms with E-state index < -0.39 is 0 Å². The molecule has 1 heteroatoms. The van der Waals surface area contributed by atoms with Crippen LogP contribution in [-0.4, -0.2) is 5.54 Å². The highest BCUT2D eigenvalue weighted by atomic mass is 15.2. The molecule has 12 rings (SSSR count). The Kier molecular flexibility index (Phi) is 7.66. The smallest absolute Gasteiger partial charge is 0.0495 e. The van der Waals surface area contributed by atoms with Crippen LogP contribution in [0, 0.1) is 5.92 Å². The van der Waals surface area contributed by atoms with Crippen molar-refractivity contribution in [1.82, 2.24) is 0 Å². The summed E-state index contributed by atoms with van der Waals surface area (Å²) in [6, 6.07) is 70.8. The van der Waals surface area contributed by atoms with Gasteiger partial charge in [-0.05, 0) is 162 Å². The molecule has 1 nitrogen and oxygen atoms in total. The van der Waals surface area contributed by atoms with Crippen LogP contribution in [0.15, 0.2) is 188 Å². The summed E-state index contributed by atoms with van der Waals surface area (Å²) in [7, 11) is 0. The molecule has 0 N–H and O–H groups in total. The van der Waals surface area contributed by atoms with Gasteiger partial charge in [-0.15, -0.1) is 0 Å². The fraction of sp³-hybridized carbons (Fsp3) is 0.138. The minimum absolute atomic E-state index is 0.0314. The Labute approximate surface area is 346 Å². The lowest BCUT2D eigenvalue weighted by molar-refractivity contribution is 0.232. The van der Waals surface area contributed by atoms with E-state index in [2.05, 4.69) is 207 Å². The van der Waals surface area contributed by atoms with E-state index in [4.69, 9.17) is 0 Å². The Hall–Kier alpha value is -6.70. The van der Waals surface area contributed by atoms with Gasteiger partial charge in [-0.3, -0.25) is 0 Å². The maximum absolute atomic E-state index is 2.69. The normalized spacial score (nSPS) is 18.8. The molecule has 10 aromatic carbocycles. The average molecular weight is 756 g/mol. The van der Waals surface area contributed by atoms with Crippen LogP contribution in [0.3, 0.4) is 0 Å². The zero-order chi connectivity index (χ0) is 39.2. The van der Waals surface area contributed by atoms with Gasteiger partial charge in [-0.1, -0.05) is 159 Å². The standard InChI is InChI=1S/C58H45N/c1-37-25-31-54-53-33-41(26-32-55(53)59(58(54,2)36-37)42-21-10-5-11-22-42)51-34-49(39-15-6-3-7-16-39)45-29-30-48-52(44-24-14-20-38-19-12-13-23-43(38)44)35-50(40-17-8-4-9-18-40)46-27-28-47(51)56(45)57(46)48/h3-24,26-30,32-35,37,54H,25,31,36H2,1-2H3. The van der Waals surface area contributed by atoms with E-state index >= 15 is 0 Å². The van der Waals surface area contributed by atoms with E-state index in [9.17, 15) is 0 Å². The summed E-state index contributed by atoms with van der Waals surface area (Å²) in [5, 5.41) is 10.4. The molecule has 282 valence electrons. The molecule has 3 atom stereocenters. The first-order chi connectivity index (χ1) is 29.0. The van der Waals surface area contributed by atoms with Crippen LogP contribution in [-0.2, 0) is 0 Å². The van der Waals surface area contributed by atoms with E-state index in [0.717, 1.165) is 0 Å². The highest BCUT2D eigenvalue weighted by Gasteiger charge is 2.51. The van der Waals surface area contributed by atoms with E-state index in [-0.39, 0.29) is 5.54 Å². The molecule has 1 aliphatic carbocycles. The molecule has 0 spiro atoms. The van der Waals surface area contributed by atoms with Crippen LogP contribution < -0.4 is 4.90 Å². The molecule has 1 aliphatic heterocycles. The zero-order valence-electron chi connectivity index (χ0n) is 33.6. The van der Waals surface area contributed by atoms with Crippen LogP contribution in [0.25, 0.3) is 87.6 Å². The molecule has 0 aromatic heterocycles. The number of benzene rings is 10. The van der Waals surface area contributed by atoms with Crippen molar-refractivity contribution in [3.05, 3.63) is 194 Å². The first-order valence-corrected chi connectivity index (χ1v) is 21.4. The number of fused-ring (bicyclic) bond motifs is 4. The van der Waals surface area contributed by atoms with Crippen molar-refractivity contribution in [1.29, 1.82) is 0 Å². The first-order valence-electron chi connectivity index (χ1n) is 21.4. The van der Waals surface area contributed by atoms with Gasteiger partial charge in [0.15, 0.2) is 0 Å². The van der Waals surface area contributed by atoms with Gasteiger partial charge in [0.2, 0.25) is 0 Å². The molecule has 1 fully saturated rings. The summed E-state index contributed by atoms with van der Waals surface area (Å²) in [5.74, 6) is 1.17. The van der Waals surface area contributed by atoms with Crippen molar-refractivity contribution in [3.63, 3.8) is 0 Å². The van der Waals surface area contributed by atoms with Crippen LogP contribution >= 0.6 is 0 Å². The predicted octanol–water partition coefficient (Wildman–Crippen LogP) is 16.2.